The Morgan fingerprint density at radius 3 is 2.36 bits per heavy atom. The molecular formula is C20H30N2O3. The molecule has 1 rings (SSSR count). The summed E-state index contributed by atoms with van der Waals surface area (Å²) < 4.78 is 0. The van der Waals surface area contributed by atoms with Crippen LogP contribution in [0.4, 0.5) is 0 Å². The van der Waals surface area contributed by atoms with Crippen LogP contribution >= 0.6 is 0 Å². The maximum absolute atomic E-state index is 12.6. The van der Waals surface area contributed by atoms with Crippen LogP contribution < -0.4 is 10.6 Å². The van der Waals surface area contributed by atoms with Crippen molar-refractivity contribution in [2.75, 3.05) is 0 Å². The highest BCUT2D eigenvalue weighted by Crippen LogP contribution is 2.08. The predicted molar refractivity (Wildman–Crippen MR) is 99.1 cm³/mol. The summed E-state index contributed by atoms with van der Waals surface area (Å²) in [5, 5.41) is 5.57. The van der Waals surface area contributed by atoms with Gasteiger partial charge in [0.15, 0.2) is 0 Å². The van der Waals surface area contributed by atoms with Gasteiger partial charge in [-0.25, -0.2) is 0 Å². The maximum Gasteiger partial charge on any atom is 0.243 e. The normalized spacial score (nSPS) is 13.1. The van der Waals surface area contributed by atoms with E-state index in [1.54, 1.807) is 0 Å². The van der Waals surface area contributed by atoms with Gasteiger partial charge in [0.05, 0.1) is 6.04 Å². The van der Waals surface area contributed by atoms with Gasteiger partial charge in [-0.15, -0.1) is 0 Å². The van der Waals surface area contributed by atoms with Crippen molar-refractivity contribution >= 4 is 18.1 Å². The Morgan fingerprint density at radius 1 is 1.12 bits per heavy atom. The SMILES string of the molecule is CCCCC(=O)NC(CC(C)C)C(=O)NC(C=O)Cc1ccccc1. The van der Waals surface area contributed by atoms with Crippen LogP contribution in [0.5, 0.6) is 0 Å². The maximum atomic E-state index is 12.6. The summed E-state index contributed by atoms with van der Waals surface area (Å²) in [6, 6.07) is 8.33. The lowest BCUT2D eigenvalue weighted by Gasteiger charge is -2.22. The van der Waals surface area contributed by atoms with Gasteiger partial charge in [-0.3, -0.25) is 9.59 Å². The monoisotopic (exact) mass is 346 g/mol. The molecule has 0 radical (unpaired) electrons. The molecular weight excluding hydrogens is 316 g/mol. The number of nitrogens with one attached hydrogen (secondary N) is 2. The first-order chi connectivity index (χ1) is 12.0. The van der Waals surface area contributed by atoms with Gasteiger partial charge >= 0.3 is 0 Å². The molecule has 1 aromatic rings. The van der Waals surface area contributed by atoms with E-state index in [1.165, 1.54) is 0 Å². The first kappa shape index (κ1) is 20.9. The molecule has 0 saturated heterocycles. The van der Waals surface area contributed by atoms with Gasteiger partial charge < -0.3 is 15.4 Å². The van der Waals surface area contributed by atoms with E-state index in [4.69, 9.17) is 0 Å². The Kier molecular flexibility index (Phi) is 9.51. The van der Waals surface area contributed by atoms with E-state index in [9.17, 15) is 14.4 Å². The van der Waals surface area contributed by atoms with E-state index in [0.29, 0.717) is 19.3 Å². The Bertz CT molecular complexity index is 543. The third kappa shape index (κ3) is 8.47. The van der Waals surface area contributed by atoms with Gasteiger partial charge in [0.1, 0.15) is 12.3 Å². The lowest BCUT2D eigenvalue weighted by atomic mass is 10.0. The Hall–Kier alpha value is -2.17. The van der Waals surface area contributed by atoms with Gasteiger partial charge in [0.25, 0.3) is 0 Å². The minimum Gasteiger partial charge on any atom is -0.344 e. The fourth-order valence-electron chi connectivity index (χ4n) is 2.59. The number of hydrogen-bond donors (Lipinski definition) is 2. The van der Waals surface area contributed by atoms with Gasteiger partial charge in [-0.2, -0.15) is 0 Å². The molecule has 138 valence electrons. The molecule has 5 heteroatoms. The molecule has 2 amide bonds. The van der Waals surface area contributed by atoms with Crippen molar-refractivity contribution in [1.82, 2.24) is 10.6 Å². The van der Waals surface area contributed by atoms with Crippen LogP contribution in [0.25, 0.3) is 0 Å². The van der Waals surface area contributed by atoms with Crippen molar-refractivity contribution < 1.29 is 14.4 Å². The zero-order valence-corrected chi connectivity index (χ0v) is 15.5. The first-order valence-corrected chi connectivity index (χ1v) is 9.05. The van der Waals surface area contributed by atoms with Crippen LogP contribution in [0.2, 0.25) is 0 Å². The number of carbonyl (C=O) groups is 3. The van der Waals surface area contributed by atoms with Crippen molar-refractivity contribution in [3.63, 3.8) is 0 Å². The molecule has 0 aliphatic heterocycles. The van der Waals surface area contributed by atoms with Crippen LogP contribution in [0, 0.1) is 5.92 Å². The molecule has 25 heavy (non-hydrogen) atoms. The average molecular weight is 346 g/mol. The number of hydrogen-bond acceptors (Lipinski definition) is 3. The standard InChI is InChI=1S/C20H30N2O3/c1-4-5-11-19(24)22-18(12-15(2)3)20(25)21-17(14-23)13-16-9-7-6-8-10-16/h6-10,14-15,17-18H,4-5,11-13H2,1-3H3,(H,21,25)(H,22,24). The molecule has 2 N–H and O–H groups in total. The first-order valence-electron chi connectivity index (χ1n) is 9.05. The molecule has 0 aliphatic rings. The lowest BCUT2D eigenvalue weighted by molar-refractivity contribution is -0.130. The minimum absolute atomic E-state index is 0.117. The van der Waals surface area contributed by atoms with Crippen molar-refractivity contribution in [2.24, 2.45) is 5.92 Å². The molecule has 2 atom stereocenters. The number of unbranched alkanes of at least 4 members (excludes halogenated alkanes) is 1. The lowest BCUT2D eigenvalue weighted by Crippen LogP contribution is -2.51. The molecule has 0 saturated carbocycles. The fraction of sp³-hybridized carbons (Fsp3) is 0.550. The zero-order valence-electron chi connectivity index (χ0n) is 15.5. The smallest absolute Gasteiger partial charge is 0.243 e. The van der Waals surface area contributed by atoms with Crippen LogP contribution in [0.15, 0.2) is 30.3 Å². The number of benzene rings is 1. The molecule has 0 aliphatic carbocycles. The largest absolute Gasteiger partial charge is 0.344 e. The molecule has 0 bridgehead atoms. The quantitative estimate of drug-likeness (QED) is 0.605. The highest BCUT2D eigenvalue weighted by molar-refractivity contribution is 5.89. The van der Waals surface area contributed by atoms with E-state index >= 15 is 0 Å². The van der Waals surface area contributed by atoms with Crippen LogP contribution in [0.1, 0.15) is 52.0 Å². The Labute approximate surface area is 150 Å². The van der Waals surface area contributed by atoms with Crippen molar-refractivity contribution in [2.45, 2.75) is 65.0 Å². The summed E-state index contributed by atoms with van der Waals surface area (Å²) in [5.74, 6) is -0.161. The topological polar surface area (TPSA) is 75.3 Å². The predicted octanol–water partition coefficient (Wildman–Crippen LogP) is 2.63. The highest BCUT2D eigenvalue weighted by atomic mass is 16.2. The molecule has 0 heterocycles. The van der Waals surface area contributed by atoms with Crippen molar-refractivity contribution in [1.29, 1.82) is 0 Å². The summed E-state index contributed by atoms with van der Waals surface area (Å²) in [5.41, 5.74) is 0.979. The van der Waals surface area contributed by atoms with Crippen molar-refractivity contribution in [3.05, 3.63) is 35.9 Å². The number of amides is 2. The van der Waals surface area contributed by atoms with E-state index in [0.717, 1.165) is 24.7 Å². The molecule has 0 aromatic heterocycles. The van der Waals surface area contributed by atoms with Crippen LogP contribution in [-0.2, 0) is 20.8 Å². The Morgan fingerprint density at radius 2 is 1.80 bits per heavy atom. The number of carbonyl (C=O) groups excluding carboxylic acids is 3. The van der Waals surface area contributed by atoms with Gasteiger partial charge in [0.2, 0.25) is 11.8 Å². The van der Waals surface area contributed by atoms with Gasteiger partial charge in [-0.05, 0) is 30.7 Å². The summed E-state index contributed by atoms with van der Waals surface area (Å²) in [7, 11) is 0. The van der Waals surface area contributed by atoms with Gasteiger partial charge in [-0.1, -0.05) is 57.5 Å². The molecule has 0 spiro atoms. The second kappa shape index (κ2) is 11.4. The number of rotatable bonds is 11. The Balaban J connectivity index is 2.67. The van der Waals surface area contributed by atoms with Crippen LogP contribution in [0.3, 0.4) is 0 Å². The zero-order chi connectivity index (χ0) is 18.7. The van der Waals surface area contributed by atoms with E-state index in [1.807, 2.05) is 51.1 Å². The summed E-state index contributed by atoms with van der Waals surface area (Å²) in [6.45, 7) is 6.02. The molecule has 2 unspecified atom stereocenters. The molecule has 5 nitrogen and oxygen atoms in total. The van der Waals surface area contributed by atoms with Crippen molar-refractivity contribution in [3.8, 4) is 0 Å². The summed E-state index contributed by atoms with van der Waals surface area (Å²) in [6.07, 6.45) is 3.87. The summed E-state index contributed by atoms with van der Waals surface area (Å²) >= 11 is 0. The number of aldehydes is 1. The highest BCUT2D eigenvalue weighted by Gasteiger charge is 2.24. The molecule has 1 aromatic carbocycles. The average Bonchev–Trinajstić information content (AvgIpc) is 2.59. The fourth-order valence-corrected chi connectivity index (χ4v) is 2.59. The summed E-state index contributed by atoms with van der Waals surface area (Å²) in [4.78, 5) is 35.9. The second-order valence-corrected chi connectivity index (χ2v) is 6.79. The molecule has 0 fully saturated rings. The second-order valence-electron chi connectivity index (χ2n) is 6.79. The third-order valence-electron chi connectivity index (χ3n) is 3.91. The van der Waals surface area contributed by atoms with Gasteiger partial charge in [0, 0.05) is 6.42 Å². The third-order valence-corrected chi connectivity index (χ3v) is 3.91. The van der Waals surface area contributed by atoms with E-state index in [2.05, 4.69) is 10.6 Å². The van der Waals surface area contributed by atoms with E-state index < -0.39 is 12.1 Å². The van der Waals surface area contributed by atoms with E-state index in [-0.39, 0.29) is 17.7 Å². The van der Waals surface area contributed by atoms with Crippen LogP contribution in [-0.4, -0.2) is 30.2 Å². The minimum atomic E-state index is -0.609.